The summed E-state index contributed by atoms with van der Waals surface area (Å²) in [5.74, 6) is 1.78. The Balaban J connectivity index is 1.34. The van der Waals surface area contributed by atoms with Gasteiger partial charge in [0.1, 0.15) is 11.5 Å². The van der Waals surface area contributed by atoms with Gasteiger partial charge in [0, 0.05) is 31.3 Å². The maximum atomic E-state index is 13.3. The molecular formula is C41H38F3O2S2+. The molecule has 0 bridgehead atoms. The Kier molecular flexibility index (Phi) is 10.9. The quantitative estimate of drug-likeness (QED) is 0.0686. The summed E-state index contributed by atoms with van der Waals surface area (Å²) in [6, 6.07) is 38.6. The highest BCUT2D eigenvalue weighted by Crippen LogP contribution is 2.45. The minimum absolute atomic E-state index is 0.557. The molecule has 0 heterocycles. The Morgan fingerprint density at radius 1 is 0.542 bits per heavy atom. The topological polar surface area (TPSA) is 18.5 Å². The minimum atomic E-state index is -4.37. The summed E-state index contributed by atoms with van der Waals surface area (Å²) in [5, 5.41) is 4.19. The number of ether oxygens (including phenoxy) is 2. The van der Waals surface area contributed by atoms with Gasteiger partial charge in [-0.15, -0.1) is 0 Å². The van der Waals surface area contributed by atoms with Gasteiger partial charge in [-0.25, -0.2) is 0 Å². The average molecular weight is 684 g/mol. The van der Waals surface area contributed by atoms with Crippen LogP contribution in [0.25, 0.3) is 21.5 Å². The van der Waals surface area contributed by atoms with Crippen LogP contribution in [0.2, 0.25) is 0 Å². The van der Waals surface area contributed by atoms with Crippen LogP contribution in [0.15, 0.2) is 146 Å². The highest BCUT2D eigenvalue weighted by atomic mass is 32.2. The fourth-order valence-electron chi connectivity index (χ4n) is 5.61. The van der Waals surface area contributed by atoms with Gasteiger partial charge < -0.3 is 9.47 Å². The van der Waals surface area contributed by atoms with Gasteiger partial charge in [0.2, 0.25) is 0 Å². The maximum absolute atomic E-state index is 13.3. The van der Waals surface area contributed by atoms with Gasteiger partial charge in [-0.2, -0.15) is 13.2 Å². The Hall–Kier alpha value is -4.07. The van der Waals surface area contributed by atoms with E-state index in [9.17, 15) is 13.2 Å². The van der Waals surface area contributed by atoms with Gasteiger partial charge in [0.05, 0.1) is 29.7 Å². The Bertz CT molecular complexity index is 1960. The Morgan fingerprint density at radius 2 is 1.02 bits per heavy atom. The summed E-state index contributed by atoms with van der Waals surface area (Å²) in [6.07, 6.45) is -0.299. The van der Waals surface area contributed by atoms with Gasteiger partial charge in [-0.3, -0.25) is 0 Å². The predicted octanol–water partition coefficient (Wildman–Crippen LogP) is 12.6. The molecule has 48 heavy (non-hydrogen) atoms. The molecule has 0 aliphatic heterocycles. The zero-order valence-electron chi connectivity index (χ0n) is 27.1. The zero-order chi connectivity index (χ0) is 33.5. The van der Waals surface area contributed by atoms with Crippen LogP contribution in [0.4, 0.5) is 13.2 Å². The molecule has 0 N–H and O–H groups in total. The van der Waals surface area contributed by atoms with Crippen molar-refractivity contribution in [3.63, 3.8) is 0 Å². The number of alkyl halides is 3. The van der Waals surface area contributed by atoms with Crippen LogP contribution in [0.3, 0.4) is 0 Å². The lowest BCUT2D eigenvalue weighted by atomic mass is 10.0. The molecule has 0 amide bonds. The number of halogens is 3. The zero-order valence-corrected chi connectivity index (χ0v) is 28.7. The normalized spacial score (nSPS) is 12.4. The molecule has 2 nitrogen and oxygen atoms in total. The van der Waals surface area contributed by atoms with Crippen molar-refractivity contribution >= 4 is 44.2 Å². The molecule has 0 aliphatic rings. The van der Waals surface area contributed by atoms with Crippen molar-refractivity contribution in [3.8, 4) is 11.5 Å². The van der Waals surface area contributed by atoms with Crippen molar-refractivity contribution < 1.29 is 22.6 Å². The number of unbranched alkanes of at least 4 members (excludes halogenated alkanes) is 2. The van der Waals surface area contributed by atoms with E-state index in [2.05, 4.69) is 68.4 Å². The number of hydrogen-bond donors (Lipinski definition) is 0. The molecule has 0 aliphatic carbocycles. The van der Waals surface area contributed by atoms with E-state index in [0.717, 1.165) is 83.2 Å². The van der Waals surface area contributed by atoms with Gasteiger partial charge in [-0.05, 0) is 91.7 Å². The summed E-state index contributed by atoms with van der Waals surface area (Å²) < 4.78 is 52.8. The van der Waals surface area contributed by atoms with Crippen LogP contribution in [0.1, 0.15) is 45.1 Å². The first-order valence-electron chi connectivity index (χ1n) is 16.4. The smallest absolute Gasteiger partial charge is 0.416 e. The number of fused-ring (bicyclic) bond motifs is 2. The molecule has 1 atom stereocenters. The molecule has 0 fully saturated rings. The van der Waals surface area contributed by atoms with E-state index in [1.807, 2.05) is 42.5 Å². The number of rotatable bonds is 13. The highest BCUT2D eigenvalue weighted by molar-refractivity contribution is 7.99. The molecule has 0 radical (unpaired) electrons. The summed E-state index contributed by atoms with van der Waals surface area (Å²) in [7, 11) is -0.557. The van der Waals surface area contributed by atoms with E-state index in [0.29, 0.717) is 13.2 Å². The van der Waals surface area contributed by atoms with Gasteiger partial charge in [-0.1, -0.05) is 80.9 Å². The SMILES string of the molecule is CCCCOc1c2ccccc2c(OCCCC)c2cc(Sc3ccc([S+](c4ccccc4)c4ccc(C(F)(F)F)cc4)cc3)ccc12. The third kappa shape index (κ3) is 7.63. The molecule has 6 aromatic rings. The number of benzene rings is 6. The van der Waals surface area contributed by atoms with Crippen molar-refractivity contribution in [2.75, 3.05) is 13.2 Å². The molecule has 0 saturated heterocycles. The standard InChI is InChI=1S/C41H38F3O2S2/c1-3-5-26-45-39-35-14-10-11-15-36(35)40(46-27-6-4-2)38-28-31(20-25-37(38)39)47-30-18-23-34(24-19-30)48(32-12-8-7-9-13-32)33-21-16-29(17-22-33)41(42,43)44/h7-25,28H,3-6,26-27H2,1-2H3/q+1. The van der Waals surface area contributed by atoms with Gasteiger partial charge in [0.15, 0.2) is 14.7 Å². The molecule has 6 aromatic carbocycles. The fraction of sp³-hybridized carbons (Fsp3) is 0.220. The largest absolute Gasteiger partial charge is 0.492 e. The predicted molar refractivity (Wildman–Crippen MR) is 193 cm³/mol. The molecule has 7 heteroatoms. The van der Waals surface area contributed by atoms with E-state index in [1.54, 1.807) is 23.9 Å². The van der Waals surface area contributed by atoms with Gasteiger partial charge in [0.25, 0.3) is 0 Å². The van der Waals surface area contributed by atoms with Crippen LogP contribution in [-0.2, 0) is 17.1 Å². The molecule has 0 saturated carbocycles. The summed E-state index contributed by atoms with van der Waals surface area (Å²) in [5.41, 5.74) is -0.642. The van der Waals surface area contributed by atoms with Crippen molar-refractivity contribution in [3.05, 3.63) is 127 Å². The van der Waals surface area contributed by atoms with Gasteiger partial charge >= 0.3 is 6.18 Å². The third-order valence-corrected chi connectivity index (χ3v) is 11.3. The summed E-state index contributed by atoms with van der Waals surface area (Å²) in [6.45, 7) is 5.63. The third-order valence-electron chi connectivity index (χ3n) is 8.08. The first-order valence-corrected chi connectivity index (χ1v) is 18.4. The van der Waals surface area contributed by atoms with Crippen molar-refractivity contribution in [1.82, 2.24) is 0 Å². The molecule has 246 valence electrons. The van der Waals surface area contributed by atoms with E-state index in [-0.39, 0.29) is 0 Å². The summed E-state index contributed by atoms with van der Waals surface area (Å²) in [4.78, 5) is 5.07. The lowest BCUT2D eigenvalue weighted by Gasteiger charge is -2.18. The van der Waals surface area contributed by atoms with E-state index < -0.39 is 22.6 Å². The monoisotopic (exact) mass is 683 g/mol. The van der Waals surface area contributed by atoms with E-state index in [1.165, 1.54) is 12.1 Å². The van der Waals surface area contributed by atoms with E-state index >= 15 is 0 Å². The lowest BCUT2D eigenvalue weighted by molar-refractivity contribution is -0.137. The number of hydrogen-bond acceptors (Lipinski definition) is 3. The first-order chi connectivity index (χ1) is 23.4. The Morgan fingerprint density at radius 3 is 1.58 bits per heavy atom. The van der Waals surface area contributed by atoms with Crippen molar-refractivity contribution in [2.24, 2.45) is 0 Å². The van der Waals surface area contributed by atoms with E-state index in [4.69, 9.17) is 9.47 Å². The van der Waals surface area contributed by atoms with Crippen LogP contribution in [0, 0.1) is 0 Å². The Labute approximate surface area is 287 Å². The highest BCUT2D eigenvalue weighted by Gasteiger charge is 2.33. The van der Waals surface area contributed by atoms with Crippen LogP contribution >= 0.6 is 11.8 Å². The minimum Gasteiger partial charge on any atom is -0.492 e. The molecule has 1 unspecified atom stereocenters. The molecule has 6 rings (SSSR count). The second kappa shape index (κ2) is 15.4. The first kappa shape index (κ1) is 33.8. The van der Waals surface area contributed by atoms with Crippen molar-refractivity contribution in [1.29, 1.82) is 0 Å². The van der Waals surface area contributed by atoms with Crippen LogP contribution in [0.5, 0.6) is 11.5 Å². The van der Waals surface area contributed by atoms with Crippen LogP contribution < -0.4 is 9.47 Å². The maximum Gasteiger partial charge on any atom is 0.416 e. The second-order valence-corrected chi connectivity index (χ2v) is 14.7. The summed E-state index contributed by atoms with van der Waals surface area (Å²) >= 11 is 1.67. The van der Waals surface area contributed by atoms with Crippen LogP contribution in [-0.4, -0.2) is 13.2 Å². The fourth-order valence-corrected chi connectivity index (χ4v) is 8.53. The molecule has 0 spiro atoms. The lowest BCUT2D eigenvalue weighted by Crippen LogP contribution is -2.07. The molecule has 0 aromatic heterocycles. The molecular weight excluding hydrogens is 646 g/mol. The van der Waals surface area contributed by atoms with Crippen molar-refractivity contribution in [2.45, 2.75) is 70.2 Å². The average Bonchev–Trinajstić information content (AvgIpc) is 3.10. The second-order valence-electron chi connectivity index (χ2n) is 11.5.